The Balaban J connectivity index is 1.42. The summed E-state index contributed by atoms with van der Waals surface area (Å²) >= 11 is 0. The maximum Gasteiger partial charge on any atom is 0.272 e. The topological polar surface area (TPSA) is 88.4 Å². The number of likely N-dealkylation sites (tertiary alicyclic amines) is 1. The van der Waals surface area contributed by atoms with Crippen molar-refractivity contribution in [3.63, 3.8) is 0 Å². The normalized spacial score (nSPS) is 19.0. The lowest BCUT2D eigenvalue weighted by Crippen LogP contribution is -2.51. The summed E-state index contributed by atoms with van der Waals surface area (Å²) in [6.07, 6.45) is 4.12. The monoisotopic (exact) mass is 343 g/mol. The average Bonchev–Trinajstić information content (AvgIpc) is 3.10. The summed E-state index contributed by atoms with van der Waals surface area (Å²) in [5.74, 6) is 1.92. The number of rotatable bonds is 4. The van der Waals surface area contributed by atoms with Gasteiger partial charge >= 0.3 is 0 Å². The second-order valence-electron chi connectivity index (χ2n) is 6.76. The van der Waals surface area contributed by atoms with Gasteiger partial charge in [0.05, 0.1) is 6.26 Å². The molecule has 132 valence electrons. The van der Waals surface area contributed by atoms with Gasteiger partial charge in [-0.25, -0.2) is 4.98 Å². The fourth-order valence-corrected chi connectivity index (χ4v) is 3.49. The second-order valence-corrected chi connectivity index (χ2v) is 6.76. The van der Waals surface area contributed by atoms with Crippen LogP contribution in [0.25, 0.3) is 0 Å². The van der Waals surface area contributed by atoms with E-state index in [-0.39, 0.29) is 23.1 Å². The Morgan fingerprint density at radius 1 is 1.32 bits per heavy atom. The fourth-order valence-electron chi connectivity index (χ4n) is 3.49. The van der Waals surface area contributed by atoms with Crippen molar-refractivity contribution in [2.45, 2.75) is 25.2 Å². The summed E-state index contributed by atoms with van der Waals surface area (Å²) in [6, 6.07) is 5.11. The van der Waals surface area contributed by atoms with E-state index in [0.29, 0.717) is 38.0 Å². The van der Waals surface area contributed by atoms with Crippen molar-refractivity contribution in [1.29, 1.82) is 0 Å². The fraction of sp³-hybridized carbons (Fsp3) is 0.500. The summed E-state index contributed by atoms with van der Waals surface area (Å²) in [5, 5.41) is 0. The third-order valence-electron chi connectivity index (χ3n) is 4.90. The number of carbonyl (C=O) groups excluding carboxylic acids is 1. The minimum absolute atomic E-state index is 0.150. The van der Waals surface area contributed by atoms with Crippen LogP contribution in [-0.2, 0) is 11.2 Å². The van der Waals surface area contributed by atoms with E-state index in [1.807, 2.05) is 12.1 Å². The first-order valence-corrected chi connectivity index (χ1v) is 8.69. The summed E-state index contributed by atoms with van der Waals surface area (Å²) < 4.78 is 10.7. The minimum atomic E-state index is -0.271. The molecule has 0 aromatic carbocycles. The predicted octanol–water partition coefficient (Wildman–Crippen LogP) is 1.57. The maximum absolute atomic E-state index is 12.6. The van der Waals surface area contributed by atoms with Crippen LogP contribution in [0.15, 0.2) is 33.7 Å². The van der Waals surface area contributed by atoms with Gasteiger partial charge in [0.15, 0.2) is 0 Å². The van der Waals surface area contributed by atoms with Gasteiger partial charge < -0.3 is 19.0 Å². The van der Waals surface area contributed by atoms with Gasteiger partial charge in [-0.2, -0.15) is 0 Å². The third kappa shape index (κ3) is 3.51. The molecule has 4 heterocycles. The highest BCUT2D eigenvalue weighted by atomic mass is 16.5. The number of hydrogen-bond donors (Lipinski definition) is 1. The van der Waals surface area contributed by atoms with Crippen LogP contribution in [0, 0.1) is 5.92 Å². The standard InChI is InChI=1S/C18H21N3O4/c22-16-9-15(19-17(20-16)13-3-6-24-7-4-13)18(23)21-10-12(11-21)8-14-2-1-5-25-14/h1-2,5,9,12-13H,3-4,6-8,10-11H2,(H,19,20,22). The van der Waals surface area contributed by atoms with Crippen molar-refractivity contribution >= 4 is 5.91 Å². The molecule has 0 saturated carbocycles. The highest BCUT2D eigenvalue weighted by Gasteiger charge is 2.33. The van der Waals surface area contributed by atoms with Crippen molar-refractivity contribution in [1.82, 2.24) is 14.9 Å². The van der Waals surface area contributed by atoms with E-state index in [1.165, 1.54) is 6.07 Å². The van der Waals surface area contributed by atoms with Gasteiger partial charge in [-0.05, 0) is 25.0 Å². The zero-order valence-corrected chi connectivity index (χ0v) is 13.9. The molecular weight excluding hydrogens is 322 g/mol. The van der Waals surface area contributed by atoms with Crippen LogP contribution in [0.1, 0.15) is 40.8 Å². The number of aromatic amines is 1. The number of furan rings is 1. The van der Waals surface area contributed by atoms with Crippen LogP contribution in [0.5, 0.6) is 0 Å². The number of ether oxygens (including phenoxy) is 1. The van der Waals surface area contributed by atoms with E-state index in [1.54, 1.807) is 11.2 Å². The van der Waals surface area contributed by atoms with Crippen LogP contribution in [0.3, 0.4) is 0 Å². The largest absolute Gasteiger partial charge is 0.469 e. The number of aromatic nitrogens is 2. The second kappa shape index (κ2) is 6.84. The molecule has 7 nitrogen and oxygen atoms in total. The van der Waals surface area contributed by atoms with Gasteiger partial charge in [0, 0.05) is 50.6 Å². The van der Waals surface area contributed by atoms with Crippen LogP contribution in [0.4, 0.5) is 0 Å². The molecule has 7 heteroatoms. The molecule has 0 radical (unpaired) electrons. The number of amides is 1. The number of nitrogens with one attached hydrogen (secondary N) is 1. The van der Waals surface area contributed by atoms with E-state index < -0.39 is 0 Å². The molecule has 2 saturated heterocycles. The lowest BCUT2D eigenvalue weighted by Gasteiger charge is -2.38. The van der Waals surface area contributed by atoms with E-state index in [0.717, 1.165) is 25.0 Å². The molecule has 2 aliphatic rings. The zero-order chi connectivity index (χ0) is 17.2. The van der Waals surface area contributed by atoms with Crippen molar-refractivity contribution in [2.75, 3.05) is 26.3 Å². The molecule has 2 aliphatic heterocycles. The first-order valence-electron chi connectivity index (χ1n) is 8.69. The molecule has 0 atom stereocenters. The molecule has 0 bridgehead atoms. The quantitative estimate of drug-likeness (QED) is 0.910. The number of H-pyrrole nitrogens is 1. The van der Waals surface area contributed by atoms with E-state index in [2.05, 4.69) is 9.97 Å². The average molecular weight is 343 g/mol. The molecule has 0 unspecified atom stereocenters. The molecule has 2 aromatic heterocycles. The van der Waals surface area contributed by atoms with E-state index in [9.17, 15) is 9.59 Å². The SMILES string of the molecule is O=C(c1cc(=O)[nH]c(C2CCOCC2)n1)N1CC(Cc2ccco2)C1. The van der Waals surface area contributed by atoms with Crippen LogP contribution >= 0.6 is 0 Å². The Kier molecular flexibility index (Phi) is 4.40. The lowest BCUT2D eigenvalue weighted by molar-refractivity contribution is 0.0484. The Hall–Kier alpha value is -2.41. The van der Waals surface area contributed by atoms with Crippen LogP contribution in [-0.4, -0.2) is 47.1 Å². The Labute approximate surface area is 145 Å². The van der Waals surface area contributed by atoms with Crippen molar-refractivity contribution in [3.8, 4) is 0 Å². The van der Waals surface area contributed by atoms with Gasteiger partial charge in [0.2, 0.25) is 0 Å². The Morgan fingerprint density at radius 3 is 2.84 bits per heavy atom. The number of nitrogens with zero attached hydrogens (tertiary/aromatic N) is 2. The molecule has 1 amide bonds. The van der Waals surface area contributed by atoms with Gasteiger partial charge in [0.25, 0.3) is 11.5 Å². The molecule has 2 fully saturated rings. The van der Waals surface area contributed by atoms with Gasteiger partial charge in [-0.3, -0.25) is 9.59 Å². The lowest BCUT2D eigenvalue weighted by atomic mass is 9.94. The third-order valence-corrected chi connectivity index (χ3v) is 4.90. The van der Waals surface area contributed by atoms with Crippen molar-refractivity contribution < 1.29 is 13.9 Å². The minimum Gasteiger partial charge on any atom is -0.469 e. The highest BCUT2D eigenvalue weighted by molar-refractivity contribution is 5.92. The summed E-state index contributed by atoms with van der Waals surface area (Å²) in [4.78, 5) is 33.5. The number of carbonyl (C=O) groups is 1. The molecule has 0 spiro atoms. The molecule has 0 aliphatic carbocycles. The Bertz CT molecular complexity index is 787. The predicted molar refractivity (Wildman–Crippen MR) is 89.5 cm³/mol. The van der Waals surface area contributed by atoms with E-state index in [4.69, 9.17) is 9.15 Å². The summed E-state index contributed by atoms with van der Waals surface area (Å²) in [7, 11) is 0. The van der Waals surface area contributed by atoms with Crippen molar-refractivity contribution in [2.24, 2.45) is 5.92 Å². The Morgan fingerprint density at radius 2 is 2.12 bits per heavy atom. The zero-order valence-electron chi connectivity index (χ0n) is 13.9. The first-order chi connectivity index (χ1) is 12.2. The summed E-state index contributed by atoms with van der Waals surface area (Å²) in [5.41, 5.74) is -0.0332. The molecule has 1 N–H and O–H groups in total. The van der Waals surface area contributed by atoms with Crippen LogP contribution < -0.4 is 5.56 Å². The van der Waals surface area contributed by atoms with Gasteiger partial charge in [-0.15, -0.1) is 0 Å². The smallest absolute Gasteiger partial charge is 0.272 e. The molecular formula is C18H21N3O4. The maximum atomic E-state index is 12.6. The van der Waals surface area contributed by atoms with Crippen LogP contribution in [0.2, 0.25) is 0 Å². The van der Waals surface area contributed by atoms with E-state index >= 15 is 0 Å². The molecule has 2 aromatic rings. The van der Waals surface area contributed by atoms with Gasteiger partial charge in [0.1, 0.15) is 17.3 Å². The highest BCUT2D eigenvalue weighted by Crippen LogP contribution is 2.25. The first kappa shape index (κ1) is 16.1. The molecule has 25 heavy (non-hydrogen) atoms. The summed E-state index contributed by atoms with van der Waals surface area (Å²) in [6.45, 7) is 2.65. The van der Waals surface area contributed by atoms with Gasteiger partial charge in [-0.1, -0.05) is 0 Å². The number of hydrogen-bond acceptors (Lipinski definition) is 5. The van der Waals surface area contributed by atoms with Crippen molar-refractivity contribution in [3.05, 3.63) is 52.1 Å². The molecule has 4 rings (SSSR count).